The summed E-state index contributed by atoms with van der Waals surface area (Å²) in [6.07, 6.45) is 0. The summed E-state index contributed by atoms with van der Waals surface area (Å²) < 4.78 is 16.5. The van der Waals surface area contributed by atoms with E-state index in [1.165, 1.54) is 0 Å². The zero-order valence-corrected chi connectivity index (χ0v) is 14.8. The van der Waals surface area contributed by atoms with Gasteiger partial charge < -0.3 is 14.0 Å². The molecule has 0 unspecified atom stereocenters. The van der Waals surface area contributed by atoms with E-state index in [-0.39, 0.29) is 0 Å². The molecule has 0 saturated heterocycles. The summed E-state index contributed by atoms with van der Waals surface area (Å²) in [6, 6.07) is 25.2. The zero-order valence-electron chi connectivity index (χ0n) is 14.8. The average molecular weight is 358 g/mol. The van der Waals surface area contributed by atoms with Gasteiger partial charge in [-0.3, -0.25) is 0 Å². The molecule has 0 spiro atoms. The molecule has 4 rings (SSSR count). The van der Waals surface area contributed by atoms with Gasteiger partial charge in [0.05, 0.1) is 7.11 Å². The van der Waals surface area contributed by atoms with Crippen molar-refractivity contribution in [2.24, 2.45) is 0 Å². The second kappa shape index (κ2) is 7.74. The summed E-state index contributed by atoms with van der Waals surface area (Å²) in [5.74, 6) is 2.45. The minimum absolute atomic E-state index is 0.444. The molecule has 0 fully saturated rings. The average Bonchev–Trinajstić information content (AvgIpc) is 3.24. The lowest BCUT2D eigenvalue weighted by Crippen LogP contribution is -1.95. The van der Waals surface area contributed by atoms with Crippen LogP contribution in [0, 0.1) is 0 Å². The molecule has 0 saturated carbocycles. The topological polar surface area (TPSA) is 57.4 Å². The third kappa shape index (κ3) is 3.98. The Morgan fingerprint density at radius 3 is 2.37 bits per heavy atom. The van der Waals surface area contributed by atoms with Crippen LogP contribution in [0.2, 0.25) is 0 Å². The molecule has 5 heteroatoms. The second-order valence-corrected chi connectivity index (χ2v) is 5.96. The Balaban J connectivity index is 1.53. The number of rotatable bonds is 6. The van der Waals surface area contributed by atoms with E-state index < -0.39 is 0 Å². The van der Waals surface area contributed by atoms with Crippen molar-refractivity contribution in [1.82, 2.24) is 10.1 Å². The van der Waals surface area contributed by atoms with E-state index >= 15 is 0 Å². The Morgan fingerprint density at radius 1 is 0.815 bits per heavy atom. The van der Waals surface area contributed by atoms with Gasteiger partial charge in [-0.1, -0.05) is 53.7 Å². The van der Waals surface area contributed by atoms with Crippen molar-refractivity contribution in [2.45, 2.75) is 6.61 Å². The van der Waals surface area contributed by atoms with Crippen molar-refractivity contribution >= 4 is 0 Å². The minimum atomic E-state index is 0.444. The number of hydrogen-bond donors (Lipinski definition) is 0. The van der Waals surface area contributed by atoms with Crippen LogP contribution in [0.1, 0.15) is 5.56 Å². The van der Waals surface area contributed by atoms with E-state index in [0.29, 0.717) is 18.3 Å². The lowest BCUT2D eigenvalue weighted by Gasteiger charge is -2.06. The SMILES string of the molecule is COc1cccc(-c2nc(-c3cccc(OCc4ccccc4)c3)no2)c1. The fraction of sp³-hybridized carbons (Fsp3) is 0.0909. The van der Waals surface area contributed by atoms with Gasteiger partial charge in [0.2, 0.25) is 5.82 Å². The maximum atomic E-state index is 5.87. The molecule has 0 amide bonds. The monoisotopic (exact) mass is 358 g/mol. The van der Waals surface area contributed by atoms with Crippen LogP contribution in [0.5, 0.6) is 11.5 Å². The predicted molar refractivity (Wildman–Crippen MR) is 102 cm³/mol. The molecule has 0 N–H and O–H groups in total. The molecule has 0 aliphatic rings. The smallest absolute Gasteiger partial charge is 0.258 e. The molecule has 0 radical (unpaired) electrons. The lowest BCUT2D eigenvalue weighted by atomic mass is 10.2. The highest BCUT2D eigenvalue weighted by Gasteiger charge is 2.12. The number of hydrogen-bond acceptors (Lipinski definition) is 5. The van der Waals surface area contributed by atoms with Crippen molar-refractivity contribution in [3.8, 4) is 34.3 Å². The van der Waals surface area contributed by atoms with Gasteiger partial charge in [0.1, 0.15) is 18.1 Å². The first-order valence-corrected chi connectivity index (χ1v) is 8.57. The molecular formula is C22H18N2O3. The molecule has 0 aliphatic heterocycles. The Labute approximate surface area is 157 Å². The van der Waals surface area contributed by atoms with Crippen LogP contribution in [0.3, 0.4) is 0 Å². The molecule has 1 heterocycles. The van der Waals surface area contributed by atoms with Gasteiger partial charge in [-0.05, 0) is 35.9 Å². The van der Waals surface area contributed by atoms with Crippen molar-refractivity contribution in [3.05, 3.63) is 84.4 Å². The normalized spacial score (nSPS) is 10.6. The fourth-order valence-corrected chi connectivity index (χ4v) is 2.68. The van der Waals surface area contributed by atoms with E-state index in [9.17, 15) is 0 Å². The standard InChI is InChI=1S/C22H18N2O3/c1-25-19-11-6-10-18(14-19)22-23-21(24-27-22)17-9-5-12-20(13-17)26-15-16-7-3-2-4-8-16/h2-14H,15H2,1H3. The van der Waals surface area contributed by atoms with Crippen LogP contribution < -0.4 is 9.47 Å². The van der Waals surface area contributed by atoms with Crippen LogP contribution in [0.25, 0.3) is 22.8 Å². The first-order chi connectivity index (χ1) is 13.3. The van der Waals surface area contributed by atoms with Crippen molar-refractivity contribution in [1.29, 1.82) is 0 Å². The number of ether oxygens (including phenoxy) is 2. The number of methoxy groups -OCH3 is 1. The summed E-state index contributed by atoms with van der Waals surface area (Å²) in [7, 11) is 1.62. The quantitative estimate of drug-likeness (QED) is 0.486. The highest BCUT2D eigenvalue weighted by molar-refractivity contribution is 5.62. The molecule has 3 aromatic carbocycles. The molecule has 27 heavy (non-hydrogen) atoms. The second-order valence-electron chi connectivity index (χ2n) is 5.96. The van der Waals surface area contributed by atoms with Crippen molar-refractivity contribution < 1.29 is 14.0 Å². The Morgan fingerprint density at radius 2 is 1.56 bits per heavy atom. The zero-order chi connectivity index (χ0) is 18.5. The van der Waals surface area contributed by atoms with Gasteiger partial charge in [0.15, 0.2) is 0 Å². The largest absolute Gasteiger partial charge is 0.497 e. The highest BCUT2D eigenvalue weighted by atomic mass is 16.5. The van der Waals surface area contributed by atoms with E-state index in [0.717, 1.165) is 28.2 Å². The Bertz CT molecular complexity index is 1030. The maximum absolute atomic E-state index is 5.87. The number of nitrogens with zero attached hydrogens (tertiary/aromatic N) is 2. The molecule has 5 nitrogen and oxygen atoms in total. The van der Waals surface area contributed by atoms with Gasteiger partial charge in [-0.25, -0.2) is 0 Å². The van der Waals surface area contributed by atoms with Crippen molar-refractivity contribution in [3.63, 3.8) is 0 Å². The highest BCUT2D eigenvalue weighted by Crippen LogP contribution is 2.27. The summed E-state index contributed by atoms with van der Waals surface area (Å²) in [5.41, 5.74) is 2.76. The maximum Gasteiger partial charge on any atom is 0.258 e. The summed E-state index contributed by atoms with van der Waals surface area (Å²) >= 11 is 0. The summed E-state index contributed by atoms with van der Waals surface area (Å²) in [6.45, 7) is 0.506. The fourth-order valence-electron chi connectivity index (χ4n) is 2.68. The van der Waals surface area contributed by atoms with E-state index in [4.69, 9.17) is 14.0 Å². The molecule has 4 aromatic rings. The lowest BCUT2D eigenvalue weighted by molar-refractivity contribution is 0.306. The minimum Gasteiger partial charge on any atom is -0.497 e. The van der Waals surface area contributed by atoms with E-state index in [1.807, 2.05) is 78.9 Å². The van der Waals surface area contributed by atoms with Gasteiger partial charge in [0, 0.05) is 11.1 Å². The van der Waals surface area contributed by atoms with E-state index in [2.05, 4.69) is 10.1 Å². The molecule has 0 bridgehead atoms. The third-order valence-corrected chi connectivity index (χ3v) is 4.08. The molecule has 134 valence electrons. The Hall–Kier alpha value is -3.60. The van der Waals surface area contributed by atoms with Gasteiger partial charge in [0.25, 0.3) is 5.89 Å². The van der Waals surface area contributed by atoms with Crippen LogP contribution in [-0.4, -0.2) is 17.3 Å². The van der Waals surface area contributed by atoms with Crippen LogP contribution >= 0.6 is 0 Å². The first-order valence-electron chi connectivity index (χ1n) is 8.57. The van der Waals surface area contributed by atoms with Crippen LogP contribution in [0.4, 0.5) is 0 Å². The Kier molecular flexibility index (Phi) is 4.83. The molecule has 0 atom stereocenters. The molecule has 1 aromatic heterocycles. The van der Waals surface area contributed by atoms with Gasteiger partial charge in [-0.2, -0.15) is 4.98 Å². The van der Waals surface area contributed by atoms with Gasteiger partial charge >= 0.3 is 0 Å². The van der Waals surface area contributed by atoms with Crippen molar-refractivity contribution in [2.75, 3.05) is 7.11 Å². The van der Waals surface area contributed by atoms with E-state index in [1.54, 1.807) is 7.11 Å². The van der Waals surface area contributed by atoms with Crippen LogP contribution in [-0.2, 0) is 6.61 Å². The predicted octanol–water partition coefficient (Wildman–Crippen LogP) is 4.99. The summed E-state index contributed by atoms with van der Waals surface area (Å²) in [5, 5.41) is 4.10. The third-order valence-electron chi connectivity index (χ3n) is 4.08. The molecular weight excluding hydrogens is 340 g/mol. The number of benzene rings is 3. The summed E-state index contributed by atoms with van der Waals surface area (Å²) in [4.78, 5) is 4.50. The number of aromatic nitrogens is 2. The van der Waals surface area contributed by atoms with Crippen LogP contribution in [0.15, 0.2) is 83.4 Å². The molecule has 0 aliphatic carbocycles. The van der Waals surface area contributed by atoms with Gasteiger partial charge in [-0.15, -0.1) is 0 Å². The first kappa shape index (κ1) is 16.8.